The fourth-order valence-corrected chi connectivity index (χ4v) is 1.50. The van der Waals surface area contributed by atoms with Gasteiger partial charge < -0.3 is 5.11 Å². The van der Waals surface area contributed by atoms with Crippen LogP contribution >= 0.6 is 0 Å². The molecule has 17 heavy (non-hydrogen) atoms. The molecule has 0 fully saturated rings. The van der Waals surface area contributed by atoms with Gasteiger partial charge in [0.15, 0.2) is 0 Å². The number of hydrogen-bond acceptors (Lipinski definition) is 2. The molecule has 3 heteroatoms. The Kier molecular flexibility index (Phi) is 4.44. The van der Waals surface area contributed by atoms with Gasteiger partial charge in [0.05, 0.1) is 0 Å². The molecule has 0 radical (unpaired) electrons. The number of aliphatic imine (C=N–C) groups is 1. The first kappa shape index (κ1) is 13.4. The molecule has 1 atom stereocenters. The van der Waals surface area contributed by atoms with Gasteiger partial charge in [-0.05, 0) is 17.4 Å². The Morgan fingerprint density at radius 2 is 1.94 bits per heavy atom. The first-order valence-corrected chi connectivity index (χ1v) is 5.69. The lowest BCUT2D eigenvalue weighted by Crippen LogP contribution is -2.24. The number of benzene rings is 1. The van der Waals surface area contributed by atoms with Gasteiger partial charge >= 0.3 is 5.97 Å². The van der Waals surface area contributed by atoms with E-state index in [1.807, 2.05) is 51.1 Å². The number of carboxylic acids is 1. The van der Waals surface area contributed by atoms with Gasteiger partial charge in [0.1, 0.15) is 6.04 Å². The van der Waals surface area contributed by atoms with Gasteiger partial charge in [-0.25, -0.2) is 4.79 Å². The van der Waals surface area contributed by atoms with Crippen molar-refractivity contribution in [2.75, 3.05) is 0 Å². The van der Waals surface area contributed by atoms with E-state index in [0.29, 0.717) is 6.42 Å². The molecule has 0 aliphatic heterocycles. The third kappa shape index (κ3) is 5.29. The van der Waals surface area contributed by atoms with E-state index in [1.54, 1.807) is 6.21 Å². The second-order valence-corrected chi connectivity index (χ2v) is 5.31. The molecule has 92 valence electrons. The monoisotopic (exact) mass is 233 g/mol. The molecule has 0 heterocycles. The minimum Gasteiger partial charge on any atom is -0.480 e. The summed E-state index contributed by atoms with van der Waals surface area (Å²) in [5.41, 5.74) is 0.879. The maximum Gasteiger partial charge on any atom is 0.328 e. The number of aliphatic carboxylic acids is 1. The number of carboxylic acid groups (broad SMARTS) is 1. The van der Waals surface area contributed by atoms with Crippen LogP contribution < -0.4 is 0 Å². The van der Waals surface area contributed by atoms with Crippen LogP contribution in [0.5, 0.6) is 0 Å². The predicted octanol–water partition coefficient (Wildman–Crippen LogP) is 2.99. The van der Waals surface area contributed by atoms with Crippen molar-refractivity contribution in [3.8, 4) is 0 Å². The first-order valence-electron chi connectivity index (χ1n) is 5.69. The zero-order valence-corrected chi connectivity index (χ0v) is 10.6. The van der Waals surface area contributed by atoms with E-state index >= 15 is 0 Å². The third-order valence-electron chi connectivity index (χ3n) is 2.29. The number of rotatable bonds is 4. The number of nitrogens with zero attached hydrogens (tertiary/aromatic N) is 1. The van der Waals surface area contributed by atoms with Gasteiger partial charge in [-0.3, -0.25) is 4.99 Å². The number of carbonyl (C=O) groups is 1. The molecule has 3 nitrogen and oxygen atoms in total. The van der Waals surface area contributed by atoms with E-state index in [-0.39, 0.29) is 5.41 Å². The molecular formula is C14H19NO2. The van der Waals surface area contributed by atoms with Crippen LogP contribution in [0.3, 0.4) is 0 Å². The molecule has 0 aliphatic carbocycles. The van der Waals surface area contributed by atoms with Gasteiger partial charge in [-0.2, -0.15) is 0 Å². The second kappa shape index (κ2) is 5.62. The highest BCUT2D eigenvalue weighted by Crippen LogP contribution is 2.22. The standard InChI is InChI=1S/C14H19NO2/c1-14(2,3)9-12(13(16)17)15-10-11-7-5-4-6-8-11/h4-8,10,12H,9H2,1-3H3,(H,16,17). The van der Waals surface area contributed by atoms with Crippen LogP contribution in [0.15, 0.2) is 35.3 Å². The first-order chi connectivity index (χ1) is 7.88. The minimum absolute atomic E-state index is 0.0446. The Bertz CT molecular complexity index is 390. The Morgan fingerprint density at radius 1 is 1.35 bits per heavy atom. The van der Waals surface area contributed by atoms with Crippen molar-refractivity contribution < 1.29 is 9.90 Å². The summed E-state index contributed by atoms with van der Waals surface area (Å²) < 4.78 is 0. The van der Waals surface area contributed by atoms with Crippen LogP contribution in [0, 0.1) is 5.41 Å². The van der Waals surface area contributed by atoms with Gasteiger partial charge in [-0.15, -0.1) is 0 Å². The van der Waals surface area contributed by atoms with Crippen LogP contribution in [0.25, 0.3) is 0 Å². The van der Waals surface area contributed by atoms with Crippen LogP contribution in [-0.4, -0.2) is 23.3 Å². The fourth-order valence-electron chi connectivity index (χ4n) is 1.50. The highest BCUT2D eigenvalue weighted by atomic mass is 16.4. The van der Waals surface area contributed by atoms with E-state index in [9.17, 15) is 4.79 Å². The molecule has 0 saturated heterocycles. The Balaban J connectivity index is 2.74. The Morgan fingerprint density at radius 3 is 2.41 bits per heavy atom. The van der Waals surface area contributed by atoms with Gasteiger partial charge in [-0.1, -0.05) is 51.1 Å². The fraction of sp³-hybridized carbons (Fsp3) is 0.429. The van der Waals surface area contributed by atoms with E-state index in [4.69, 9.17) is 5.11 Å². The van der Waals surface area contributed by atoms with E-state index in [0.717, 1.165) is 5.56 Å². The minimum atomic E-state index is -0.868. The number of hydrogen-bond donors (Lipinski definition) is 1. The van der Waals surface area contributed by atoms with Crippen LogP contribution in [0.2, 0.25) is 0 Å². The smallest absolute Gasteiger partial charge is 0.328 e. The summed E-state index contributed by atoms with van der Waals surface area (Å²) >= 11 is 0. The average molecular weight is 233 g/mol. The predicted molar refractivity (Wildman–Crippen MR) is 69.5 cm³/mol. The molecule has 1 N–H and O–H groups in total. The maximum atomic E-state index is 11.1. The summed E-state index contributed by atoms with van der Waals surface area (Å²) in [5.74, 6) is -0.868. The van der Waals surface area contributed by atoms with E-state index in [2.05, 4.69) is 4.99 Å². The van der Waals surface area contributed by atoms with Gasteiger partial charge in [0.25, 0.3) is 0 Å². The van der Waals surface area contributed by atoms with Crippen molar-refractivity contribution in [3.05, 3.63) is 35.9 Å². The molecule has 0 aliphatic rings. The molecule has 0 saturated carbocycles. The van der Waals surface area contributed by atoms with Crippen molar-refractivity contribution >= 4 is 12.2 Å². The summed E-state index contributed by atoms with van der Waals surface area (Å²) in [6.45, 7) is 6.04. The van der Waals surface area contributed by atoms with Crippen molar-refractivity contribution in [2.45, 2.75) is 33.2 Å². The molecule has 1 aromatic carbocycles. The molecule has 0 amide bonds. The highest BCUT2D eigenvalue weighted by Gasteiger charge is 2.23. The largest absolute Gasteiger partial charge is 0.480 e. The maximum absolute atomic E-state index is 11.1. The molecular weight excluding hydrogens is 214 g/mol. The molecule has 0 aromatic heterocycles. The summed E-state index contributed by atoms with van der Waals surface area (Å²) in [4.78, 5) is 15.2. The lowest BCUT2D eigenvalue weighted by molar-refractivity contribution is -0.139. The Hall–Kier alpha value is -1.64. The summed E-state index contributed by atoms with van der Waals surface area (Å²) in [6.07, 6.45) is 2.16. The summed E-state index contributed by atoms with van der Waals surface area (Å²) in [5, 5.41) is 9.10. The molecule has 0 bridgehead atoms. The molecule has 1 unspecified atom stereocenters. The normalized spacial score (nSPS) is 13.8. The second-order valence-electron chi connectivity index (χ2n) is 5.31. The zero-order valence-electron chi connectivity index (χ0n) is 10.6. The lowest BCUT2D eigenvalue weighted by Gasteiger charge is -2.20. The summed E-state index contributed by atoms with van der Waals surface area (Å²) in [7, 11) is 0. The van der Waals surface area contributed by atoms with Crippen LogP contribution in [-0.2, 0) is 4.79 Å². The molecule has 0 spiro atoms. The van der Waals surface area contributed by atoms with Crippen molar-refractivity contribution in [3.63, 3.8) is 0 Å². The van der Waals surface area contributed by atoms with Gasteiger partial charge in [0, 0.05) is 6.21 Å². The Labute approximate surface area is 102 Å². The SMILES string of the molecule is CC(C)(C)CC(N=Cc1ccccc1)C(=O)O. The summed E-state index contributed by atoms with van der Waals surface area (Å²) in [6, 6.07) is 8.86. The third-order valence-corrected chi connectivity index (χ3v) is 2.29. The molecule has 1 rings (SSSR count). The van der Waals surface area contributed by atoms with Crippen LogP contribution in [0.1, 0.15) is 32.8 Å². The van der Waals surface area contributed by atoms with Crippen molar-refractivity contribution in [2.24, 2.45) is 10.4 Å². The highest BCUT2D eigenvalue weighted by molar-refractivity contribution is 5.83. The molecule has 1 aromatic rings. The van der Waals surface area contributed by atoms with E-state index in [1.165, 1.54) is 0 Å². The van der Waals surface area contributed by atoms with E-state index < -0.39 is 12.0 Å². The van der Waals surface area contributed by atoms with Gasteiger partial charge in [0.2, 0.25) is 0 Å². The topological polar surface area (TPSA) is 49.7 Å². The van der Waals surface area contributed by atoms with Crippen molar-refractivity contribution in [1.82, 2.24) is 0 Å². The quantitative estimate of drug-likeness (QED) is 0.813. The lowest BCUT2D eigenvalue weighted by atomic mass is 9.88. The average Bonchev–Trinajstić information content (AvgIpc) is 2.24. The van der Waals surface area contributed by atoms with Crippen LogP contribution in [0.4, 0.5) is 0 Å². The van der Waals surface area contributed by atoms with Crippen molar-refractivity contribution in [1.29, 1.82) is 0 Å². The zero-order chi connectivity index (χ0) is 12.9.